The average Bonchev–Trinajstić information content (AvgIpc) is 3.53. The van der Waals surface area contributed by atoms with E-state index in [1.807, 2.05) is 48.2 Å². The third-order valence-electron chi connectivity index (χ3n) is 6.64. The van der Waals surface area contributed by atoms with Crippen LogP contribution in [0.1, 0.15) is 40.2 Å². The molecule has 1 unspecified atom stereocenters. The van der Waals surface area contributed by atoms with Gasteiger partial charge in [0.05, 0.1) is 0 Å². The van der Waals surface area contributed by atoms with Gasteiger partial charge in [-0.2, -0.15) is 5.10 Å². The SMILES string of the molecule is CN(C(=O)c1ccn(C)n1)C(Cc1ccccc1)C1CCN(C(=O)CCc2cccs2)CC1. The van der Waals surface area contributed by atoms with Crippen molar-refractivity contribution >= 4 is 23.2 Å². The highest BCUT2D eigenvalue weighted by Crippen LogP contribution is 2.28. The summed E-state index contributed by atoms with van der Waals surface area (Å²) >= 11 is 1.71. The Morgan fingerprint density at radius 2 is 1.88 bits per heavy atom. The van der Waals surface area contributed by atoms with Crippen LogP contribution in [0.25, 0.3) is 0 Å². The number of aryl methyl sites for hydroxylation is 2. The molecule has 0 bridgehead atoms. The molecule has 3 aromatic rings. The number of carbonyl (C=O) groups excluding carboxylic acids is 2. The number of amides is 2. The summed E-state index contributed by atoms with van der Waals surface area (Å²) in [5, 5.41) is 6.37. The minimum Gasteiger partial charge on any atom is -0.343 e. The molecule has 1 aliphatic rings. The summed E-state index contributed by atoms with van der Waals surface area (Å²) in [5.41, 5.74) is 1.69. The summed E-state index contributed by atoms with van der Waals surface area (Å²) < 4.78 is 1.66. The molecule has 2 aromatic heterocycles. The fraction of sp³-hybridized carbons (Fsp3) is 0.423. The van der Waals surface area contributed by atoms with Gasteiger partial charge in [-0.25, -0.2) is 0 Å². The number of thiophene rings is 1. The minimum absolute atomic E-state index is 0.0500. The number of hydrogen-bond acceptors (Lipinski definition) is 4. The zero-order chi connectivity index (χ0) is 23.2. The average molecular weight is 465 g/mol. The van der Waals surface area contributed by atoms with Gasteiger partial charge >= 0.3 is 0 Å². The minimum atomic E-state index is -0.0500. The Bertz CT molecular complexity index is 1040. The van der Waals surface area contributed by atoms with Crippen molar-refractivity contribution in [2.75, 3.05) is 20.1 Å². The Balaban J connectivity index is 1.41. The molecule has 1 aromatic carbocycles. The van der Waals surface area contributed by atoms with E-state index in [-0.39, 0.29) is 17.9 Å². The molecule has 33 heavy (non-hydrogen) atoms. The van der Waals surface area contributed by atoms with Crippen LogP contribution in [0, 0.1) is 5.92 Å². The lowest BCUT2D eigenvalue weighted by molar-refractivity contribution is -0.132. The number of nitrogens with zero attached hydrogens (tertiary/aromatic N) is 4. The van der Waals surface area contributed by atoms with Crippen molar-refractivity contribution in [3.8, 4) is 0 Å². The van der Waals surface area contributed by atoms with Crippen LogP contribution in [0.2, 0.25) is 0 Å². The fourth-order valence-corrected chi connectivity index (χ4v) is 5.42. The largest absolute Gasteiger partial charge is 0.343 e. The van der Waals surface area contributed by atoms with Gasteiger partial charge in [-0.1, -0.05) is 36.4 Å². The summed E-state index contributed by atoms with van der Waals surface area (Å²) in [6.07, 6.45) is 5.79. The standard InChI is InChI=1S/C26H32N4O2S/c1-28-15-14-23(27-28)26(32)29(2)24(19-20-7-4-3-5-8-20)21-12-16-30(17-13-21)25(31)11-10-22-9-6-18-33-22/h3-9,14-15,18,21,24H,10-13,16-17,19H2,1-2H3. The lowest BCUT2D eigenvalue weighted by Crippen LogP contribution is -2.48. The maximum absolute atomic E-state index is 13.2. The van der Waals surface area contributed by atoms with Crippen LogP contribution in [0.5, 0.6) is 0 Å². The second-order valence-electron chi connectivity index (χ2n) is 8.85. The quantitative estimate of drug-likeness (QED) is 0.506. The molecule has 1 aliphatic heterocycles. The molecular weight excluding hydrogens is 432 g/mol. The van der Waals surface area contributed by atoms with Gasteiger partial charge in [0.2, 0.25) is 5.91 Å². The molecule has 0 spiro atoms. The Kier molecular flexibility index (Phi) is 7.60. The molecule has 174 valence electrons. The van der Waals surface area contributed by atoms with Crippen molar-refractivity contribution in [1.29, 1.82) is 0 Å². The van der Waals surface area contributed by atoms with Crippen molar-refractivity contribution in [3.63, 3.8) is 0 Å². The highest BCUT2D eigenvalue weighted by atomic mass is 32.1. The number of piperidine rings is 1. The third-order valence-corrected chi connectivity index (χ3v) is 7.58. The van der Waals surface area contributed by atoms with Gasteiger partial charge in [0, 0.05) is 50.7 Å². The second kappa shape index (κ2) is 10.8. The maximum Gasteiger partial charge on any atom is 0.274 e. The number of likely N-dealkylation sites (N-methyl/N-ethyl adjacent to an activating group) is 1. The normalized spacial score (nSPS) is 15.4. The van der Waals surface area contributed by atoms with Crippen LogP contribution in [0.3, 0.4) is 0 Å². The molecule has 1 saturated heterocycles. The fourth-order valence-electron chi connectivity index (χ4n) is 4.71. The molecule has 1 atom stereocenters. The van der Waals surface area contributed by atoms with Crippen LogP contribution in [0.15, 0.2) is 60.1 Å². The van der Waals surface area contributed by atoms with Crippen molar-refractivity contribution in [1.82, 2.24) is 19.6 Å². The zero-order valence-electron chi connectivity index (χ0n) is 19.4. The van der Waals surface area contributed by atoms with Gasteiger partial charge in [-0.15, -0.1) is 11.3 Å². The lowest BCUT2D eigenvalue weighted by Gasteiger charge is -2.40. The van der Waals surface area contributed by atoms with E-state index < -0.39 is 0 Å². The van der Waals surface area contributed by atoms with E-state index >= 15 is 0 Å². The van der Waals surface area contributed by atoms with Crippen LogP contribution in [-0.4, -0.2) is 57.6 Å². The Morgan fingerprint density at radius 3 is 2.52 bits per heavy atom. The van der Waals surface area contributed by atoms with Crippen molar-refractivity contribution < 1.29 is 9.59 Å². The molecule has 0 saturated carbocycles. The molecule has 3 heterocycles. The molecule has 7 heteroatoms. The first-order valence-corrected chi connectivity index (χ1v) is 12.5. The van der Waals surface area contributed by atoms with Crippen LogP contribution in [-0.2, 0) is 24.7 Å². The van der Waals surface area contributed by atoms with Crippen molar-refractivity contribution in [3.05, 3.63) is 76.2 Å². The number of aromatic nitrogens is 2. The molecular formula is C26H32N4O2S. The third kappa shape index (κ3) is 5.90. The summed E-state index contributed by atoms with van der Waals surface area (Å²) in [6.45, 7) is 1.51. The van der Waals surface area contributed by atoms with Gasteiger partial charge in [0.1, 0.15) is 5.69 Å². The van der Waals surface area contributed by atoms with E-state index in [1.165, 1.54) is 10.4 Å². The van der Waals surface area contributed by atoms with Crippen LogP contribution >= 0.6 is 11.3 Å². The monoisotopic (exact) mass is 464 g/mol. The molecule has 4 rings (SSSR count). The first-order valence-electron chi connectivity index (χ1n) is 11.6. The highest BCUT2D eigenvalue weighted by molar-refractivity contribution is 7.09. The molecule has 0 aliphatic carbocycles. The predicted molar refractivity (Wildman–Crippen MR) is 131 cm³/mol. The summed E-state index contributed by atoms with van der Waals surface area (Å²) in [5.74, 6) is 0.523. The Labute approximate surface area is 199 Å². The molecule has 2 amide bonds. The molecule has 0 radical (unpaired) electrons. The van der Waals surface area contributed by atoms with Gasteiger partial charge in [-0.3, -0.25) is 14.3 Å². The second-order valence-corrected chi connectivity index (χ2v) is 9.88. The van der Waals surface area contributed by atoms with E-state index in [0.29, 0.717) is 18.0 Å². The number of rotatable bonds is 8. The Morgan fingerprint density at radius 1 is 1.12 bits per heavy atom. The summed E-state index contributed by atoms with van der Waals surface area (Å²) in [4.78, 5) is 31.1. The topological polar surface area (TPSA) is 58.4 Å². The van der Waals surface area contributed by atoms with E-state index in [1.54, 1.807) is 28.3 Å². The number of carbonyl (C=O) groups is 2. The van der Waals surface area contributed by atoms with E-state index in [2.05, 4.69) is 28.7 Å². The molecule has 0 N–H and O–H groups in total. The van der Waals surface area contributed by atoms with Crippen LogP contribution in [0.4, 0.5) is 0 Å². The van der Waals surface area contributed by atoms with E-state index in [0.717, 1.165) is 38.8 Å². The highest BCUT2D eigenvalue weighted by Gasteiger charge is 2.33. The van der Waals surface area contributed by atoms with E-state index in [4.69, 9.17) is 0 Å². The van der Waals surface area contributed by atoms with Gasteiger partial charge in [0.25, 0.3) is 5.91 Å². The van der Waals surface area contributed by atoms with Crippen molar-refractivity contribution in [2.24, 2.45) is 13.0 Å². The smallest absolute Gasteiger partial charge is 0.274 e. The van der Waals surface area contributed by atoms with Gasteiger partial charge in [-0.05, 0) is 54.7 Å². The van der Waals surface area contributed by atoms with Crippen molar-refractivity contribution in [2.45, 2.75) is 38.1 Å². The molecule has 6 nitrogen and oxygen atoms in total. The Hall–Kier alpha value is -2.93. The first kappa shape index (κ1) is 23.2. The van der Waals surface area contributed by atoms with Gasteiger partial charge < -0.3 is 9.80 Å². The van der Waals surface area contributed by atoms with Crippen LogP contribution < -0.4 is 0 Å². The van der Waals surface area contributed by atoms with Gasteiger partial charge in [0.15, 0.2) is 0 Å². The summed E-state index contributed by atoms with van der Waals surface area (Å²) in [6, 6.07) is 16.3. The molecule has 1 fully saturated rings. The number of likely N-dealkylation sites (tertiary alicyclic amines) is 1. The number of benzene rings is 1. The lowest BCUT2D eigenvalue weighted by atomic mass is 9.84. The number of hydrogen-bond donors (Lipinski definition) is 0. The first-order chi connectivity index (χ1) is 16.0. The zero-order valence-corrected chi connectivity index (χ0v) is 20.2. The predicted octanol–water partition coefficient (Wildman–Crippen LogP) is 4.04. The van der Waals surface area contributed by atoms with E-state index in [9.17, 15) is 9.59 Å². The maximum atomic E-state index is 13.2. The summed E-state index contributed by atoms with van der Waals surface area (Å²) in [7, 11) is 3.71.